The van der Waals surface area contributed by atoms with Gasteiger partial charge in [-0.3, -0.25) is 14.5 Å². The number of esters is 2. The Kier molecular flexibility index (Phi) is 10.8. The van der Waals surface area contributed by atoms with Gasteiger partial charge in [-0.1, -0.05) is 48.6 Å². The van der Waals surface area contributed by atoms with Crippen LogP contribution in [0.1, 0.15) is 20.3 Å². The van der Waals surface area contributed by atoms with Crippen molar-refractivity contribution in [2.24, 2.45) is 0 Å². The number of hydrogen-bond donors (Lipinski definition) is 1. The van der Waals surface area contributed by atoms with Crippen molar-refractivity contribution in [1.82, 2.24) is 0 Å². The minimum absolute atomic E-state index is 0.290. The lowest BCUT2D eigenvalue weighted by Gasteiger charge is -2.22. The van der Waals surface area contributed by atoms with Crippen LogP contribution in [0, 0.1) is 0 Å². The van der Waals surface area contributed by atoms with Gasteiger partial charge >= 0.3 is 11.9 Å². The second-order valence-corrected chi connectivity index (χ2v) is 6.19. The number of benzene rings is 2. The molecule has 0 amide bonds. The molecule has 2 rings (SSSR count). The van der Waals surface area contributed by atoms with E-state index in [2.05, 4.69) is 22.1 Å². The number of anilines is 2. The quantitative estimate of drug-likeness (QED) is 0.330. The molecule has 2 aromatic carbocycles. The van der Waals surface area contributed by atoms with Crippen molar-refractivity contribution in [2.75, 3.05) is 18.1 Å². The van der Waals surface area contributed by atoms with Crippen molar-refractivity contribution < 1.29 is 19.1 Å². The molecule has 0 saturated carbocycles. The summed E-state index contributed by atoms with van der Waals surface area (Å²) in [5.74, 6) is -1.07. The highest BCUT2D eigenvalue weighted by Crippen LogP contribution is 2.26. The van der Waals surface area contributed by atoms with Crippen LogP contribution in [0.15, 0.2) is 60.7 Å². The van der Waals surface area contributed by atoms with E-state index >= 15 is 0 Å². The van der Waals surface area contributed by atoms with E-state index in [4.69, 9.17) is 12.2 Å². The highest BCUT2D eigenvalue weighted by atomic mass is 32.1. The molecule has 0 bridgehead atoms. The molecule has 0 radical (unpaired) electrons. The van der Waals surface area contributed by atoms with Crippen molar-refractivity contribution in [3.63, 3.8) is 0 Å². The summed E-state index contributed by atoms with van der Waals surface area (Å²) < 4.78 is 9.58. The summed E-state index contributed by atoms with van der Waals surface area (Å²) >= 11 is 9.44. The van der Waals surface area contributed by atoms with E-state index in [9.17, 15) is 9.59 Å². The van der Waals surface area contributed by atoms with Gasteiger partial charge in [-0.05, 0) is 38.1 Å². The summed E-state index contributed by atoms with van der Waals surface area (Å²) in [6, 6.07) is 19.9. The lowest BCUT2D eigenvalue weighted by Crippen LogP contribution is -2.18. The van der Waals surface area contributed by atoms with E-state index in [-0.39, 0.29) is 19.6 Å². The van der Waals surface area contributed by atoms with E-state index in [1.54, 1.807) is 13.8 Å². The van der Waals surface area contributed by atoms with Gasteiger partial charge in [0, 0.05) is 11.4 Å². The molecule has 0 fully saturated rings. The fraction of sp³-hybridized carbons (Fsp3) is 0.250. The SMILES string of the molecule is CCOC(=O)CC(=O)OCC.S=C(S)N(c1ccccc1)c1ccccc1. The zero-order valence-corrected chi connectivity index (χ0v) is 17.0. The number of carbonyl (C=O) groups is 2. The standard InChI is InChI=1S/C13H11NS2.C7H12O4/c15-13(16)14(11-7-3-1-4-8-11)12-9-5-2-6-10-12;1-3-10-6(8)5-7(9)11-4-2/h1-10H,(H,15,16);3-5H2,1-2H3. The van der Waals surface area contributed by atoms with Gasteiger partial charge in [-0.2, -0.15) is 0 Å². The molecule has 2 aromatic rings. The van der Waals surface area contributed by atoms with Gasteiger partial charge in [0.25, 0.3) is 0 Å². The van der Waals surface area contributed by atoms with Crippen LogP contribution in [0.3, 0.4) is 0 Å². The third-order valence-electron chi connectivity index (χ3n) is 3.12. The number of thiol groups is 1. The molecule has 144 valence electrons. The van der Waals surface area contributed by atoms with Crippen molar-refractivity contribution >= 4 is 52.5 Å². The monoisotopic (exact) mass is 405 g/mol. The van der Waals surface area contributed by atoms with Crippen LogP contribution in [0.4, 0.5) is 11.4 Å². The summed E-state index contributed by atoms with van der Waals surface area (Å²) in [5.41, 5.74) is 2.04. The zero-order chi connectivity index (χ0) is 20.1. The topological polar surface area (TPSA) is 55.8 Å². The van der Waals surface area contributed by atoms with Crippen LogP contribution in [0.2, 0.25) is 0 Å². The molecule has 0 saturated heterocycles. The molecule has 0 aromatic heterocycles. The zero-order valence-electron chi connectivity index (χ0n) is 15.3. The number of thiocarbonyl (C=S) groups is 1. The first-order valence-corrected chi connectivity index (χ1v) is 9.29. The number of carbonyl (C=O) groups excluding carboxylic acids is 2. The summed E-state index contributed by atoms with van der Waals surface area (Å²) in [6.07, 6.45) is -0.290. The van der Waals surface area contributed by atoms with Crippen LogP contribution in [-0.2, 0) is 19.1 Å². The number of ether oxygens (including phenoxy) is 2. The predicted octanol–water partition coefficient (Wildman–Crippen LogP) is 4.54. The van der Waals surface area contributed by atoms with Gasteiger partial charge in [0.05, 0.1) is 13.2 Å². The van der Waals surface area contributed by atoms with Crippen molar-refractivity contribution in [2.45, 2.75) is 20.3 Å². The van der Waals surface area contributed by atoms with Crippen molar-refractivity contribution in [3.8, 4) is 0 Å². The first kappa shape index (κ1) is 22.7. The second kappa shape index (κ2) is 12.9. The van der Waals surface area contributed by atoms with Gasteiger partial charge < -0.3 is 9.47 Å². The average Bonchev–Trinajstić information content (AvgIpc) is 2.64. The van der Waals surface area contributed by atoms with Gasteiger partial charge in [-0.25, -0.2) is 0 Å². The van der Waals surface area contributed by atoms with Gasteiger partial charge in [0.15, 0.2) is 0 Å². The lowest BCUT2D eigenvalue weighted by atomic mass is 10.2. The molecular formula is C20H23NO4S2. The fourth-order valence-electron chi connectivity index (χ4n) is 2.07. The van der Waals surface area contributed by atoms with Crippen molar-refractivity contribution in [1.29, 1.82) is 0 Å². The van der Waals surface area contributed by atoms with Crippen LogP contribution in [0.5, 0.6) is 0 Å². The summed E-state index contributed by atoms with van der Waals surface area (Å²) in [7, 11) is 0. The Morgan fingerprint density at radius 3 is 1.52 bits per heavy atom. The third kappa shape index (κ3) is 8.70. The first-order chi connectivity index (χ1) is 13.0. The van der Waals surface area contributed by atoms with E-state index in [0.29, 0.717) is 4.32 Å². The minimum Gasteiger partial charge on any atom is -0.466 e. The van der Waals surface area contributed by atoms with Crippen LogP contribution in [0.25, 0.3) is 0 Å². The minimum atomic E-state index is -0.536. The molecule has 0 N–H and O–H groups in total. The van der Waals surface area contributed by atoms with E-state index in [1.165, 1.54) is 0 Å². The molecule has 0 heterocycles. The molecule has 5 nitrogen and oxygen atoms in total. The summed E-state index contributed by atoms with van der Waals surface area (Å²) in [4.78, 5) is 23.1. The highest BCUT2D eigenvalue weighted by molar-refractivity contribution is 8.11. The number of hydrogen-bond acceptors (Lipinski definition) is 5. The molecule has 0 atom stereocenters. The molecule has 7 heteroatoms. The maximum Gasteiger partial charge on any atom is 0.317 e. The maximum absolute atomic E-state index is 10.6. The Balaban J connectivity index is 0.000000293. The molecule has 0 unspecified atom stereocenters. The number of rotatable bonds is 6. The molecular weight excluding hydrogens is 382 g/mol. The van der Waals surface area contributed by atoms with Crippen molar-refractivity contribution in [3.05, 3.63) is 60.7 Å². The molecule has 0 aliphatic rings. The van der Waals surface area contributed by atoms with E-state index in [1.807, 2.05) is 65.6 Å². The average molecular weight is 406 g/mol. The van der Waals surface area contributed by atoms with Crippen LogP contribution >= 0.6 is 24.8 Å². The normalized spacial score (nSPS) is 9.44. The summed E-state index contributed by atoms with van der Waals surface area (Å²) in [5, 5.41) is 0. The van der Waals surface area contributed by atoms with E-state index < -0.39 is 11.9 Å². The Labute approximate surface area is 170 Å². The Hall–Kier alpha value is -2.38. The second-order valence-electron chi connectivity index (χ2n) is 5.08. The van der Waals surface area contributed by atoms with Gasteiger partial charge in [0.2, 0.25) is 0 Å². The molecule has 0 spiro atoms. The summed E-state index contributed by atoms with van der Waals surface area (Å²) in [6.45, 7) is 3.95. The van der Waals surface area contributed by atoms with Crippen LogP contribution < -0.4 is 4.90 Å². The largest absolute Gasteiger partial charge is 0.466 e. The maximum atomic E-state index is 10.6. The highest BCUT2D eigenvalue weighted by Gasteiger charge is 2.11. The number of para-hydroxylation sites is 2. The fourth-order valence-corrected chi connectivity index (χ4v) is 2.51. The molecule has 0 aliphatic heterocycles. The van der Waals surface area contributed by atoms with Gasteiger partial charge in [-0.15, -0.1) is 12.6 Å². The Bertz CT molecular complexity index is 668. The molecule has 0 aliphatic carbocycles. The van der Waals surface area contributed by atoms with Crippen LogP contribution in [-0.4, -0.2) is 29.5 Å². The molecule has 27 heavy (non-hydrogen) atoms. The Morgan fingerprint density at radius 2 is 1.22 bits per heavy atom. The lowest BCUT2D eigenvalue weighted by molar-refractivity contribution is -0.153. The van der Waals surface area contributed by atoms with E-state index in [0.717, 1.165) is 11.4 Å². The first-order valence-electron chi connectivity index (χ1n) is 8.44. The number of nitrogens with zero attached hydrogens (tertiary/aromatic N) is 1. The smallest absolute Gasteiger partial charge is 0.317 e. The third-order valence-corrected chi connectivity index (χ3v) is 3.50. The predicted molar refractivity (Wildman–Crippen MR) is 114 cm³/mol. The van der Waals surface area contributed by atoms with Gasteiger partial charge in [0.1, 0.15) is 10.7 Å². The Morgan fingerprint density at radius 1 is 0.852 bits per heavy atom.